The van der Waals surface area contributed by atoms with Gasteiger partial charge in [0.25, 0.3) is 0 Å². The van der Waals surface area contributed by atoms with Crippen LogP contribution in [0.3, 0.4) is 0 Å². The zero-order valence-electron chi connectivity index (χ0n) is 7.91. The monoisotopic (exact) mass is 189 g/mol. The maximum atomic E-state index is 10.7. The summed E-state index contributed by atoms with van der Waals surface area (Å²) < 4.78 is 0. The fraction of sp³-hybridized carbons (Fsp3) is 0.0909. The van der Waals surface area contributed by atoms with Crippen molar-refractivity contribution in [2.75, 3.05) is 5.32 Å². The van der Waals surface area contributed by atoms with E-state index in [1.165, 1.54) is 6.92 Å². The van der Waals surface area contributed by atoms with Crippen LogP contribution in [-0.4, -0.2) is 12.2 Å². The Labute approximate surface area is 82.4 Å². The molecule has 1 aromatic rings. The Bertz CT molecular complexity index is 365. The molecule has 0 heterocycles. The second kappa shape index (κ2) is 4.37. The molecule has 0 saturated carbocycles. The highest BCUT2D eigenvalue weighted by Crippen LogP contribution is 2.14. The van der Waals surface area contributed by atoms with Crippen molar-refractivity contribution in [1.82, 2.24) is 0 Å². The van der Waals surface area contributed by atoms with Crippen LogP contribution in [0.2, 0.25) is 0 Å². The number of hydrogen-bond acceptors (Lipinski definition) is 2. The van der Waals surface area contributed by atoms with Crippen LogP contribution in [0.5, 0.6) is 0 Å². The van der Waals surface area contributed by atoms with Gasteiger partial charge in [-0.05, 0) is 17.7 Å². The van der Waals surface area contributed by atoms with Gasteiger partial charge in [-0.3, -0.25) is 9.59 Å². The molecule has 0 aliphatic rings. The van der Waals surface area contributed by atoms with Gasteiger partial charge in [-0.15, -0.1) is 0 Å². The van der Waals surface area contributed by atoms with E-state index in [1.54, 1.807) is 24.3 Å². The van der Waals surface area contributed by atoms with Crippen molar-refractivity contribution in [3.05, 3.63) is 36.4 Å². The third kappa shape index (κ3) is 2.55. The number of benzene rings is 1. The van der Waals surface area contributed by atoms with Crippen molar-refractivity contribution in [2.45, 2.75) is 6.92 Å². The number of hydrogen-bond donors (Lipinski definition) is 1. The molecule has 0 aliphatic heterocycles. The number of anilines is 1. The summed E-state index contributed by atoms with van der Waals surface area (Å²) >= 11 is 0. The van der Waals surface area contributed by atoms with E-state index >= 15 is 0 Å². The largest absolute Gasteiger partial charge is 0.326 e. The Hall–Kier alpha value is -1.90. The SMILES string of the molecule is C=C(C=O)c1ccc(NC(C)=O)cc1. The molecular formula is C11H11NO2. The molecule has 3 heteroatoms. The second-order valence-corrected chi connectivity index (χ2v) is 2.90. The average Bonchev–Trinajstić information content (AvgIpc) is 2.17. The molecule has 0 radical (unpaired) electrons. The minimum absolute atomic E-state index is 0.119. The van der Waals surface area contributed by atoms with Gasteiger partial charge in [0, 0.05) is 18.2 Å². The first-order chi connectivity index (χ1) is 6.63. The lowest BCUT2D eigenvalue weighted by molar-refractivity contribution is -0.114. The van der Waals surface area contributed by atoms with Crippen LogP contribution < -0.4 is 5.32 Å². The van der Waals surface area contributed by atoms with Crippen LogP contribution in [0.4, 0.5) is 5.69 Å². The molecule has 0 bridgehead atoms. The maximum Gasteiger partial charge on any atom is 0.221 e. The molecule has 1 N–H and O–H groups in total. The van der Waals surface area contributed by atoms with E-state index in [1.807, 2.05) is 0 Å². The van der Waals surface area contributed by atoms with Gasteiger partial charge in [-0.25, -0.2) is 0 Å². The molecule has 0 aromatic heterocycles. The predicted octanol–water partition coefficient (Wildman–Crippen LogP) is 1.86. The third-order valence-electron chi connectivity index (χ3n) is 1.72. The zero-order valence-corrected chi connectivity index (χ0v) is 7.91. The topological polar surface area (TPSA) is 46.2 Å². The maximum absolute atomic E-state index is 10.7. The van der Waals surface area contributed by atoms with Gasteiger partial charge in [0.1, 0.15) is 6.29 Å². The molecule has 0 unspecified atom stereocenters. The van der Waals surface area contributed by atoms with Crippen LogP contribution in [0.1, 0.15) is 12.5 Å². The summed E-state index contributed by atoms with van der Waals surface area (Å²) in [5.41, 5.74) is 1.90. The number of carbonyl (C=O) groups excluding carboxylic acids is 2. The lowest BCUT2D eigenvalue weighted by Crippen LogP contribution is -2.05. The summed E-state index contributed by atoms with van der Waals surface area (Å²) in [7, 11) is 0. The van der Waals surface area contributed by atoms with Gasteiger partial charge >= 0.3 is 0 Å². The van der Waals surface area contributed by atoms with Crippen molar-refractivity contribution in [2.24, 2.45) is 0 Å². The molecule has 0 atom stereocenters. The minimum atomic E-state index is -0.119. The van der Waals surface area contributed by atoms with Crippen molar-refractivity contribution in [3.63, 3.8) is 0 Å². The lowest BCUT2D eigenvalue weighted by atomic mass is 10.1. The summed E-state index contributed by atoms with van der Waals surface area (Å²) in [6, 6.07) is 6.93. The summed E-state index contributed by atoms with van der Waals surface area (Å²) in [5, 5.41) is 2.63. The fourth-order valence-corrected chi connectivity index (χ4v) is 1.04. The van der Waals surface area contributed by atoms with Crippen molar-refractivity contribution >= 4 is 23.5 Å². The Balaban J connectivity index is 2.83. The predicted molar refractivity (Wildman–Crippen MR) is 55.8 cm³/mol. The van der Waals surface area contributed by atoms with Gasteiger partial charge in [-0.1, -0.05) is 18.7 Å². The molecule has 1 amide bonds. The van der Waals surface area contributed by atoms with E-state index in [-0.39, 0.29) is 5.91 Å². The molecule has 0 spiro atoms. The first-order valence-electron chi connectivity index (χ1n) is 4.15. The molecule has 0 saturated heterocycles. The minimum Gasteiger partial charge on any atom is -0.326 e. The van der Waals surface area contributed by atoms with Gasteiger partial charge < -0.3 is 5.32 Å². The summed E-state index contributed by atoms with van der Waals surface area (Å²) in [6.45, 7) is 5.02. The average molecular weight is 189 g/mol. The zero-order chi connectivity index (χ0) is 10.6. The number of aldehydes is 1. The highest BCUT2D eigenvalue weighted by molar-refractivity contribution is 6.05. The van der Waals surface area contributed by atoms with E-state index in [0.29, 0.717) is 17.5 Å². The normalized spacial score (nSPS) is 9.21. The number of rotatable bonds is 3. The third-order valence-corrected chi connectivity index (χ3v) is 1.72. The number of allylic oxidation sites excluding steroid dienone is 1. The molecule has 1 rings (SSSR count). The molecule has 1 aromatic carbocycles. The van der Waals surface area contributed by atoms with Gasteiger partial charge in [-0.2, -0.15) is 0 Å². The Morgan fingerprint density at radius 2 is 1.93 bits per heavy atom. The van der Waals surface area contributed by atoms with Crippen LogP contribution in [0, 0.1) is 0 Å². The smallest absolute Gasteiger partial charge is 0.221 e. The van der Waals surface area contributed by atoms with E-state index in [4.69, 9.17) is 0 Å². The highest BCUT2D eigenvalue weighted by Gasteiger charge is 1.98. The first kappa shape index (κ1) is 10.2. The molecule has 3 nitrogen and oxygen atoms in total. The summed E-state index contributed by atoms with van der Waals surface area (Å²) in [4.78, 5) is 21.1. The van der Waals surface area contributed by atoms with Crippen LogP contribution in [0.15, 0.2) is 30.8 Å². The van der Waals surface area contributed by atoms with Crippen LogP contribution >= 0.6 is 0 Å². The Morgan fingerprint density at radius 3 is 2.36 bits per heavy atom. The van der Waals surface area contributed by atoms with Gasteiger partial charge in [0.2, 0.25) is 5.91 Å². The molecule has 72 valence electrons. The standard InChI is InChI=1S/C11H11NO2/c1-8(7-13)10-3-5-11(6-4-10)12-9(2)14/h3-7H,1H2,2H3,(H,12,14). The summed E-state index contributed by atoms with van der Waals surface area (Å²) in [5.74, 6) is -0.119. The lowest BCUT2D eigenvalue weighted by Gasteiger charge is -2.03. The van der Waals surface area contributed by atoms with E-state index < -0.39 is 0 Å². The summed E-state index contributed by atoms with van der Waals surface area (Å²) in [6.07, 6.45) is 0.702. The Kier molecular flexibility index (Phi) is 3.18. The van der Waals surface area contributed by atoms with Gasteiger partial charge in [0.15, 0.2) is 0 Å². The van der Waals surface area contributed by atoms with Crippen LogP contribution in [-0.2, 0) is 9.59 Å². The van der Waals surface area contributed by atoms with E-state index in [2.05, 4.69) is 11.9 Å². The van der Waals surface area contributed by atoms with Crippen LogP contribution in [0.25, 0.3) is 5.57 Å². The second-order valence-electron chi connectivity index (χ2n) is 2.90. The highest BCUT2D eigenvalue weighted by atomic mass is 16.1. The molecule has 0 fully saturated rings. The molecule has 0 aliphatic carbocycles. The van der Waals surface area contributed by atoms with Gasteiger partial charge in [0.05, 0.1) is 0 Å². The Morgan fingerprint density at radius 1 is 1.36 bits per heavy atom. The first-order valence-corrected chi connectivity index (χ1v) is 4.15. The van der Waals surface area contributed by atoms with Crippen molar-refractivity contribution in [1.29, 1.82) is 0 Å². The number of amides is 1. The van der Waals surface area contributed by atoms with E-state index in [0.717, 1.165) is 5.56 Å². The van der Waals surface area contributed by atoms with E-state index in [9.17, 15) is 9.59 Å². The number of carbonyl (C=O) groups is 2. The molecular weight excluding hydrogens is 178 g/mol. The van der Waals surface area contributed by atoms with Crippen molar-refractivity contribution < 1.29 is 9.59 Å². The number of nitrogens with one attached hydrogen (secondary N) is 1. The molecule has 14 heavy (non-hydrogen) atoms. The fourth-order valence-electron chi connectivity index (χ4n) is 1.04. The quantitative estimate of drug-likeness (QED) is 0.582. The van der Waals surface area contributed by atoms with Crippen molar-refractivity contribution in [3.8, 4) is 0 Å².